The van der Waals surface area contributed by atoms with Crippen molar-refractivity contribution in [3.8, 4) is 5.69 Å². The fraction of sp³-hybridized carbons (Fsp3) is 0.353. The van der Waals surface area contributed by atoms with Gasteiger partial charge in [0, 0.05) is 5.69 Å². The maximum atomic E-state index is 12.3. The van der Waals surface area contributed by atoms with Gasteiger partial charge in [0.15, 0.2) is 5.69 Å². The molecule has 2 rings (SSSR count). The second-order valence-electron chi connectivity index (χ2n) is 6.03. The standard InChI is InChI=1S/C17H20ClN3O3/c1-10(2)8-14(17(23)24)19-16(22)13-9-11(3)21(20-13)15-7-5-4-6-12(15)18/h4-7,9-10,14H,8H2,1-3H3,(H,19,22)(H,23,24)/t14-/m0/s1. The molecule has 0 fully saturated rings. The SMILES string of the molecule is Cc1cc(C(=O)N[C@@H](CC(C)C)C(=O)O)nn1-c1ccccc1Cl. The molecule has 1 heterocycles. The van der Waals surface area contributed by atoms with Crippen molar-refractivity contribution in [1.29, 1.82) is 0 Å². The first-order valence-electron chi connectivity index (χ1n) is 7.64. The number of nitrogens with one attached hydrogen (secondary N) is 1. The van der Waals surface area contributed by atoms with Crippen LogP contribution in [0.1, 0.15) is 36.5 Å². The number of aryl methyl sites for hydroxylation is 1. The van der Waals surface area contributed by atoms with Gasteiger partial charge in [0.05, 0.1) is 10.7 Å². The Morgan fingerprint density at radius 1 is 1.33 bits per heavy atom. The van der Waals surface area contributed by atoms with E-state index in [9.17, 15) is 14.7 Å². The molecule has 0 saturated heterocycles. The highest BCUT2D eigenvalue weighted by Crippen LogP contribution is 2.21. The zero-order chi connectivity index (χ0) is 17.9. The van der Waals surface area contributed by atoms with E-state index in [2.05, 4.69) is 10.4 Å². The Labute approximate surface area is 145 Å². The number of carboxylic acids is 1. The van der Waals surface area contributed by atoms with Crippen molar-refractivity contribution in [1.82, 2.24) is 15.1 Å². The van der Waals surface area contributed by atoms with Crippen LogP contribution >= 0.6 is 11.6 Å². The van der Waals surface area contributed by atoms with Crippen molar-refractivity contribution in [2.75, 3.05) is 0 Å². The van der Waals surface area contributed by atoms with Crippen molar-refractivity contribution in [3.05, 3.63) is 46.7 Å². The summed E-state index contributed by atoms with van der Waals surface area (Å²) in [4.78, 5) is 23.6. The van der Waals surface area contributed by atoms with E-state index in [-0.39, 0.29) is 11.6 Å². The van der Waals surface area contributed by atoms with Crippen molar-refractivity contribution < 1.29 is 14.7 Å². The molecule has 1 atom stereocenters. The molecule has 0 aliphatic rings. The highest BCUT2D eigenvalue weighted by atomic mass is 35.5. The smallest absolute Gasteiger partial charge is 0.326 e. The third kappa shape index (κ3) is 4.14. The predicted molar refractivity (Wildman–Crippen MR) is 91.7 cm³/mol. The van der Waals surface area contributed by atoms with Crippen molar-refractivity contribution in [3.63, 3.8) is 0 Å². The number of carbonyl (C=O) groups excluding carboxylic acids is 1. The van der Waals surface area contributed by atoms with Gasteiger partial charge in [-0.3, -0.25) is 4.79 Å². The van der Waals surface area contributed by atoms with Gasteiger partial charge in [-0.15, -0.1) is 0 Å². The first-order chi connectivity index (χ1) is 11.3. The molecule has 0 unspecified atom stereocenters. The molecular weight excluding hydrogens is 330 g/mol. The molecule has 0 spiro atoms. The fourth-order valence-corrected chi connectivity index (χ4v) is 2.59. The minimum Gasteiger partial charge on any atom is -0.480 e. The summed E-state index contributed by atoms with van der Waals surface area (Å²) in [6.45, 7) is 5.60. The molecule has 1 amide bonds. The van der Waals surface area contributed by atoms with Crippen LogP contribution in [-0.4, -0.2) is 32.8 Å². The molecular formula is C17H20ClN3O3. The Bertz CT molecular complexity index is 755. The number of rotatable bonds is 6. The maximum Gasteiger partial charge on any atom is 0.326 e. The Morgan fingerprint density at radius 3 is 2.58 bits per heavy atom. The summed E-state index contributed by atoms with van der Waals surface area (Å²) in [5.41, 5.74) is 1.54. The Balaban J connectivity index is 2.24. The lowest BCUT2D eigenvalue weighted by atomic mass is 10.0. The summed E-state index contributed by atoms with van der Waals surface area (Å²) >= 11 is 6.16. The number of hydrogen-bond donors (Lipinski definition) is 2. The zero-order valence-electron chi connectivity index (χ0n) is 13.8. The van der Waals surface area contributed by atoms with Gasteiger partial charge >= 0.3 is 5.97 Å². The van der Waals surface area contributed by atoms with Crippen LogP contribution in [0.2, 0.25) is 5.02 Å². The number of aliphatic carboxylic acids is 1. The highest BCUT2D eigenvalue weighted by Gasteiger charge is 2.23. The summed E-state index contributed by atoms with van der Waals surface area (Å²) in [6.07, 6.45) is 0.352. The lowest BCUT2D eigenvalue weighted by Crippen LogP contribution is -2.41. The third-order valence-electron chi connectivity index (χ3n) is 3.51. The Hall–Kier alpha value is -2.34. The van der Waals surface area contributed by atoms with Crippen LogP contribution in [-0.2, 0) is 4.79 Å². The molecule has 128 valence electrons. The molecule has 0 bridgehead atoms. The molecule has 2 aromatic rings. The van der Waals surface area contributed by atoms with Crippen LogP contribution in [0.4, 0.5) is 0 Å². The van der Waals surface area contributed by atoms with Crippen molar-refractivity contribution >= 4 is 23.5 Å². The van der Waals surface area contributed by atoms with Crippen LogP contribution in [0.25, 0.3) is 5.69 Å². The summed E-state index contributed by atoms with van der Waals surface area (Å²) in [6, 6.07) is 7.83. The number of halogens is 1. The van der Waals surface area contributed by atoms with Crippen LogP contribution in [0.15, 0.2) is 30.3 Å². The number of carbonyl (C=O) groups is 2. The summed E-state index contributed by atoms with van der Waals surface area (Å²) in [5.74, 6) is -1.43. The van der Waals surface area contributed by atoms with Crippen LogP contribution in [0.3, 0.4) is 0 Å². The predicted octanol–water partition coefficient (Wildman–Crippen LogP) is 3.06. The normalized spacial score (nSPS) is 12.2. The average molecular weight is 350 g/mol. The fourth-order valence-electron chi connectivity index (χ4n) is 2.38. The molecule has 1 aromatic carbocycles. The Morgan fingerprint density at radius 2 is 2.00 bits per heavy atom. The number of carboxylic acid groups (broad SMARTS) is 1. The quantitative estimate of drug-likeness (QED) is 0.839. The van der Waals surface area contributed by atoms with E-state index in [4.69, 9.17) is 11.6 Å². The molecule has 2 N–H and O–H groups in total. The molecule has 24 heavy (non-hydrogen) atoms. The van der Waals surface area contributed by atoms with Gasteiger partial charge in [-0.05, 0) is 37.5 Å². The van der Waals surface area contributed by atoms with E-state index in [0.717, 1.165) is 5.69 Å². The molecule has 0 saturated carbocycles. The van der Waals surface area contributed by atoms with E-state index >= 15 is 0 Å². The van der Waals surface area contributed by atoms with Gasteiger partial charge in [0.2, 0.25) is 0 Å². The number of hydrogen-bond acceptors (Lipinski definition) is 3. The number of para-hydroxylation sites is 1. The van der Waals surface area contributed by atoms with E-state index < -0.39 is 17.9 Å². The second kappa shape index (κ2) is 7.49. The van der Waals surface area contributed by atoms with Crippen LogP contribution in [0, 0.1) is 12.8 Å². The topological polar surface area (TPSA) is 84.2 Å². The molecule has 0 radical (unpaired) electrons. The van der Waals surface area contributed by atoms with Crippen LogP contribution in [0.5, 0.6) is 0 Å². The number of benzene rings is 1. The minimum absolute atomic E-state index is 0.147. The van der Waals surface area contributed by atoms with E-state index in [1.807, 2.05) is 26.0 Å². The van der Waals surface area contributed by atoms with E-state index in [0.29, 0.717) is 17.1 Å². The van der Waals surface area contributed by atoms with Gasteiger partial charge in [-0.25, -0.2) is 9.48 Å². The number of nitrogens with zero attached hydrogens (tertiary/aromatic N) is 2. The monoisotopic (exact) mass is 349 g/mol. The van der Waals surface area contributed by atoms with Crippen LogP contribution < -0.4 is 5.32 Å². The molecule has 6 nitrogen and oxygen atoms in total. The largest absolute Gasteiger partial charge is 0.480 e. The second-order valence-corrected chi connectivity index (χ2v) is 6.44. The van der Waals surface area contributed by atoms with Gasteiger partial charge in [0.1, 0.15) is 6.04 Å². The first kappa shape index (κ1) is 18.0. The summed E-state index contributed by atoms with van der Waals surface area (Å²) < 4.78 is 1.56. The highest BCUT2D eigenvalue weighted by molar-refractivity contribution is 6.32. The minimum atomic E-state index is -1.06. The van der Waals surface area contributed by atoms with E-state index in [1.165, 1.54) is 0 Å². The first-order valence-corrected chi connectivity index (χ1v) is 8.02. The molecule has 1 aromatic heterocycles. The molecule has 0 aliphatic carbocycles. The molecule has 7 heteroatoms. The third-order valence-corrected chi connectivity index (χ3v) is 3.83. The van der Waals surface area contributed by atoms with Gasteiger partial charge in [-0.1, -0.05) is 37.6 Å². The lowest BCUT2D eigenvalue weighted by Gasteiger charge is -2.15. The van der Waals surface area contributed by atoms with Gasteiger partial charge in [-0.2, -0.15) is 5.10 Å². The van der Waals surface area contributed by atoms with Gasteiger partial charge in [0.25, 0.3) is 5.91 Å². The average Bonchev–Trinajstić information content (AvgIpc) is 2.88. The Kier molecular flexibility index (Phi) is 5.62. The maximum absolute atomic E-state index is 12.3. The molecule has 0 aliphatic heterocycles. The summed E-state index contributed by atoms with van der Waals surface area (Å²) in [7, 11) is 0. The van der Waals surface area contributed by atoms with Gasteiger partial charge < -0.3 is 10.4 Å². The summed E-state index contributed by atoms with van der Waals surface area (Å²) in [5, 5.41) is 16.5. The van der Waals surface area contributed by atoms with Crippen molar-refractivity contribution in [2.45, 2.75) is 33.2 Å². The number of aromatic nitrogens is 2. The zero-order valence-corrected chi connectivity index (χ0v) is 14.5. The van der Waals surface area contributed by atoms with Crippen molar-refractivity contribution in [2.24, 2.45) is 5.92 Å². The van der Waals surface area contributed by atoms with E-state index in [1.54, 1.807) is 29.8 Å². The lowest BCUT2D eigenvalue weighted by molar-refractivity contribution is -0.139. The number of amides is 1.